The van der Waals surface area contributed by atoms with Crippen molar-refractivity contribution >= 4 is 40.1 Å². The first-order valence-electron chi connectivity index (χ1n) is 11.3. The SMILES string of the molecule is N#C[C@H](C[C@@H]1CCCCC1=O)NC(=O)[C@H](CC1CC1)NC(=O)c1cc2cccc(Cl)c2[nH]1. The molecule has 2 amide bonds. The van der Waals surface area contributed by atoms with Crippen LogP contribution in [0.25, 0.3) is 10.9 Å². The molecular formula is C24H27ClN4O3. The van der Waals surface area contributed by atoms with Crippen LogP contribution in [0.15, 0.2) is 24.3 Å². The van der Waals surface area contributed by atoms with Crippen LogP contribution in [-0.2, 0) is 9.59 Å². The molecule has 32 heavy (non-hydrogen) atoms. The van der Waals surface area contributed by atoms with E-state index in [-0.39, 0.29) is 17.6 Å². The van der Waals surface area contributed by atoms with E-state index in [1.54, 1.807) is 12.1 Å². The number of nitriles is 1. The number of benzene rings is 1. The maximum Gasteiger partial charge on any atom is 0.268 e. The summed E-state index contributed by atoms with van der Waals surface area (Å²) in [6.07, 6.45) is 6.08. The number of aromatic amines is 1. The number of para-hydroxylation sites is 1. The summed E-state index contributed by atoms with van der Waals surface area (Å²) in [4.78, 5) is 41.0. The number of rotatable bonds is 8. The highest BCUT2D eigenvalue weighted by molar-refractivity contribution is 6.35. The number of nitrogens with one attached hydrogen (secondary N) is 3. The molecule has 8 heteroatoms. The van der Waals surface area contributed by atoms with E-state index in [2.05, 4.69) is 21.7 Å². The number of carbonyl (C=O) groups is 3. The molecule has 0 spiro atoms. The minimum Gasteiger partial charge on any atom is -0.349 e. The van der Waals surface area contributed by atoms with E-state index >= 15 is 0 Å². The lowest BCUT2D eigenvalue weighted by Crippen LogP contribution is -2.50. The number of fused-ring (bicyclic) bond motifs is 1. The van der Waals surface area contributed by atoms with Crippen LogP contribution in [0.4, 0.5) is 0 Å². The van der Waals surface area contributed by atoms with Gasteiger partial charge in [-0.2, -0.15) is 5.26 Å². The van der Waals surface area contributed by atoms with Gasteiger partial charge in [0.15, 0.2) is 0 Å². The Labute approximate surface area is 191 Å². The standard InChI is InChI=1S/C24H27ClN4O3/c25-18-6-3-5-16-12-20(28-22(16)18)24(32)29-19(10-14-8-9-14)23(31)27-17(13-26)11-15-4-1-2-7-21(15)30/h3,5-6,12,14-15,17,19,28H,1-2,4,7-11H2,(H,27,31)(H,29,32)/t15-,17-,19-/m0/s1. The Balaban J connectivity index is 1.42. The molecule has 3 atom stereocenters. The molecule has 0 radical (unpaired) electrons. The van der Waals surface area contributed by atoms with E-state index in [0.29, 0.717) is 41.4 Å². The van der Waals surface area contributed by atoms with Gasteiger partial charge in [0.2, 0.25) is 5.91 Å². The second kappa shape index (κ2) is 9.74. The molecule has 2 aliphatic carbocycles. The number of hydrogen-bond acceptors (Lipinski definition) is 4. The second-order valence-corrected chi connectivity index (χ2v) is 9.33. The molecule has 168 valence electrons. The fourth-order valence-corrected chi connectivity index (χ4v) is 4.63. The molecule has 4 rings (SSSR count). The molecule has 7 nitrogen and oxygen atoms in total. The zero-order valence-electron chi connectivity index (χ0n) is 17.8. The smallest absolute Gasteiger partial charge is 0.268 e. The lowest BCUT2D eigenvalue weighted by Gasteiger charge is -2.24. The van der Waals surface area contributed by atoms with Gasteiger partial charge in [-0.3, -0.25) is 14.4 Å². The Morgan fingerprint density at radius 1 is 1.19 bits per heavy atom. The predicted octanol–water partition coefficient (Wildman–Crippen LogP) is 3.88. The topological polar surface area (TPSA) is 115 Å². The maximum atomic E-state index is 13.0. The molecule has 0 unspecified atom stereocenters. The molecule has 3 N–H and O–H groups in total. The van der Waals surface area contributed by atoms with Gasteiger partial charge >= 0.3 is 0 Å². The van der Waals surface area contributed by atoms with Crippen LogP contribution in [0.3, 0.4) is 0 Å². The summed E-state index contributed by atoms with van der Waals surface area (Å²) in [6, 6.07) is 7.73. The fourth-order valence-electron chi connectivity index (χ4n) is 4.40. The number of halogens is 1. The van der Waals surface area contributed by atoms with Crippen LogP contribution in [0.1, 0.15) is 61.9 Å². The number of H-pyrrole nitrogens is 1. The van der Waals surface area contributed by atoms with Crippen molar-refractivity contribution in [2.45, 2.75) is 63.5 Å². The van der Waals surface area contributed by atoms with Crippen LogP contribution >= 0.6 is 11.6 Å². The van der Waals surface area contributed by atoms with Gasteiger partial charge in [0.1, 0.15) is 23.6 Å². The highest BCUT2D eigenvalue weighted by atomic mass is 35.5. The van der Waals surface area contributed by atoms with E-state index < -0.39 is 18.0 Å². The van der Waals surface area contributed by atoms with Crippen molar-refractivity contribution < 1.29 is 14.4 Å². The zero-order chi connectivity index (χ0) is 22.7. The lowest BCUT2D eigenvalue weighted by atomic mass is 9.84. The van der Waals surface area contributed by atoms with Crippen molar-refractivity contribution in [3.05, 3.63) is 35.0 Å². The van der Waals surface area contributed by atoms with Gasteiger partial charge in [-0.15, -0.1) is 0 Å². The molecule has 2 aromatic rings. The zero-order valence-corrected chi connectivity index (χ0v) is 18.6. The first-order chi connectivity index (χ1) is 15.4. The number of carbonyl (C=O) groups excluding carboxylic acids is 3. The number of ketones is 1. The Kier molecular flexibility index (Phi) is 6.80. The summed E-state index contributed by atoms with van der Waals surface area (Å²) < 4.78 is 0. The molecule has 2 aliphatic rings. The van der Waals surface area contributed by atoms with E-state index in [0.717, 1.165) is 37.5 Å². The van der Waals surface area contributed by atoms with Gasteiger partial charge in [0, 0.05) is 17.7 Å². The first kappa shape index (κ1) is 22.3. The summed E-state index contributed by atoms with van der Waals surface area (Å²) in [5.74, 6) is -0.390. The maximum absolute atomic E-state index is 13.0. The van der Waals surface area contributed by atoms with Gasteiger partial charge < -0.3 is 15.6 Å². The Bertz CT molecular complexity index is 1070. The van der Waals surface area contributed by atoms with Crippen LogP contribution in [0.2, 0.25) is 5.02 Å². The van der Waals surface area contributed by atoms with Crippen LogP contribution in [0, 0.1) is 23.2 Å². The highest BCUT2D eigenvalue weighted by Gasteiger charge is 2.33. The number of nitrogens with zero attached hydrogens (tertiary/aromatic N) is 1. The minimum absolute atomic E-state index is 0.172. The van der Waals surface area contributed by atoms with Crippen LogP contribution in [0.5, 0.6) is 0 Å². The van der Waals surface area contributed by atoms with Gasteiger partial charge in [0.25, 0.3) is 5.91 Å². The monoisotopic (exact) mass is 454 g/mol. The molecular weight excluding hydrogens is 428 g/mol. The second-order valence-electron chi connectivity index (χ2n) is 8.93. The summed E-state index contributed by atoms with van der Waals surface area (Å²) in [5.41, 5.74) is 0.996. The van der Waals surface area contributed by atoms with E-state index in [1.807, 2.05) is 12.1 Å². The molecule has 2 fully saturated rings. The summed E-state index contributed by atoms with van der Waals surface area (Å²) in [7, 11) is 0. The summed E-state index contributed by atoms with van der Waals surface area (Å²) in [6.45, 7) is 0. The largest absolute Gasteiger partial charge is 0.349 e. The third-order valence-corrected chi connectivity index (χ3v) is 6.73. The van der Waals surface area contributed by atoms with Crippen molar-refractivity contribution in [1.82, 2.24) is 15.6 Å². The van der Waals surface area contributed by atoms with E-state index in [1.165, 1.54) is 0 Å². The molecule has 1 aromatic heterocycles. The Morgan fingerprint density at radius 3 is 2.69 bits per heavy atom. The Hall–Kier alpha value is -2.85. The Morgan fingerprint density at radius 2 is 2.00 bits per heavy atom. The van der Waals surface area contributed by atoms with Gasteiger partial charge in [-0.25, -0.2) is 0 Å². The fraction of sp³-hybridized carbons (Fsp3) is 0.500. The normalized spacial score (nSPS) is 20.4. The number of hydrogen-bond donors (Lipinski definition) is 3. The lowest BCUT2D eigenvalue weighted by molar-refractivity contribution is -0.126. The van der Waals surface area contributed by atoms with Crippen molar-refractivity contribution in [1.29, 1.82) is 5.26 Å². The number of aromatic nitrogens is 1. The van der Waals surface area contributed by atoms with Gasteiger partial charge in [-0.1, -0.05) is 43.0 Å². The third-order valence-electron chi connectivity index (χ3n) is 6.41. The number of Topliss-reactive ketones (excluding diaryl/α,β-unsaturated/α-hetero) is 1. The molecule has 0 bridgehead atoms. The predicted molar refractivity (Wildman–Crippen MR) is 121 cm³/mol. The minimum atomic E-state index is -0.750. The van der Waals surface area contributed by atoms with E-state index in [9.17, 15) is 19.6 Å². The summed E-state index contributed by atoms with van der Waals surface area (Å²) in [5, 5.41) is 16.5. The van der Waals surface area contributed by atoms with Crippen LogP contribution in [-0.4, -0.2) is 34.7 Å². The van der Waals surface area contributed by atoms with Gasteiger partial charge in [-0.05, 0) is 43.7 Å². The molecule has 0 aliphatic heterocycles. The van der Waals surface area contributed by atoms with Crippen molar-refractivity contribution in [3.63, 3.8) is 0 Å². The average Bonchev–Trinajstić information content (AvgIpc) is 3.48. The van der Waals surface area contributed by atoms with Crippen LogP contribution < -0.4 is 10.6 Å². The van der Waals surface area contributed by atoms with Crippen molar-refractivity contribution in [3.8, 4) is 6.07 Å². The van der Waals surface area contributed by atoms with Crippen molar-refractivity contribution in [2.75, 3.05) is 0 Å². The number of amides is 2. The molecule has 0 saturated heterocycles. The van der Waals surface area contributed by atoms with Gasteiger partial charge in [0.05, 0.1) is 16.6 Å². The highest BCUT2D eigenvalue weighted by Crippen LogP contribution is 2.34. The molecule has 2 saturated carbocycles. The third kappa shape index (κ3) is 5.31. The summed E-state index contributed by atoms with van der Waals surface area (Å²) >= 11 is 6.19. The average molecular weight is 455 g/mol. The molecule has 1 aromatic carbocycles. The first-order valence-corrected chi connectivity index (χ1v) is 11.6. The van der Waals surface area contributed by atoms with Crippen molar-refractivity contribution in [2.24, 2.45) is 11.8 Å². The van der Waals surface area contributed by atoms with E-state index in [4.69, 9.17) is 11.6 Å². The molecule has 1 heterocycles. The quantitative estimate of drug-likeness (QED) is 0.561.